The van der Waals surface area contributed by atoms with E-state index in [1.165, 1.54) is 10.2 Å². The van der Waals surface area contributed by atoms with Gasteiger partial charge in [-0.3, -0.25) is 0 Å². The van der Waals surface area contributed by atoms with Gasteiger partial charge in [0.25, 0.3) is 0 Å². The van der Waals surface area contributed by atoms with Crippen LogP contribution >= 0.6 is 12.6 Å². The Morgan fingerprint density at radius 3 is 2.75 bits per heavy atom. The molecule has 0 spiro atoms. The van der Waals surface area contributed by atoms with Crippen LogP contribution in [0.5, 0.6) is 0 Å². The van der Waals surface area contributed by atoms with Crippen LogP contribution < -0.4 is 0 Å². The Morgan fingerprint density at radius 2 is 2.38 bits per heavy atom. The van der Waals surface area contributed by atoms with Gasteiger partial charge in [0.05, 0.1) is 0 Å². The highest BCUT2D eigenvalue weighted by atomic mass is 32.1. The lowest BCUT2D eigenvalue weighted by Crippen LogP contribution is -2.03. The largest absolute Gasteiger partial charge is 0.382 e. The molecule has 0 aliphatic heterocycles. The second-order valence-electron chi connectivity index (χ2n) is 1.83. The van der Waals surface area contributed by atoms with Gasteiger partial charge < -0.3 is 4.74 Å². The van der Waals surface area contributed by atoms with Crippen LogP contribution in [0.2, 0.25) is 0 Å². The van der Waals surface area contributed by atoms with Crippen molar-refractivity contribution in [3.63, 3.8) is 0 Å². The molecule has 0 amide bonds. The molecule has 8 heavy (non-hydrogen) atoms. The third-order valence-electron chi connectivity index (χ3n) is 0.884. The Balaban J connectivity index is 2.72. The zero-order valence-corrected chi connectivity index (χ0v) is 8.45. The van der Waals surface area contributed by atoms with E-state index in [9.17, 15) is 0 Å². The third kappa shape index (κ3) is 6.53. The number of hydrogen-bond acceptors (Lipinski definition) is 2. The molecule has 0 saturated carbocycles. The molecule has 0 aromatic carbocycles. The second-order valence-corrected chi connectivity index (χ2v) is 5.08. The molecule has 3 heteroatoms. The van der Waals surface area contributed by atoms with Crippen molar-refractivity contribution in [3.05, 3.63) is 0 Å². The Kier molecular flexibility index (Phi) is 6.03. The normalized spacial score (nSPS) is 14.2. The summed E-state index contributed by atoms with van der Waals surface area (Å²) >= 11 is 4.25. The highest BCUT2D eigenvalue weighted by Gasteiger charge is 1.91. The van der Waals surface area contributed by atoms with Crippen LogP contribution in [0.4, 0.5) is 0 Å². The Morgan fingerprint density at radius 1 is 1.75 bits per heavy atom. The highest BCUT2D eigenvalue weighted by molar-refractivity contribution is 7.82. The van der Waals surface area contributed by atoms with Crippen LogP contribution in [-0.2, 0) is 4.74 Å². The van der Waals surface area contributed by atoms with E-state index in [2.05, 4.69) is 12.6 Å². The summed E-state index contributed by atoms with van der Waals surface area (Å²) in [6.07, 6.45) is 1.11. The van der Waals surface area contributed by atoms with Crippen molar-refractivity contribution in [2.75, 3.05) is 13.2 Å². The summed E-state index contributed by atoms with van der Waals surface area (Å²) < 4.78 is 5.12. The van der Waals surface area contributed by atoms with Crippen LogP contribution in [0.15, 0.2) is 0 Å². The average molecular weight is 150 g/mol. The number of hydrogen-bond donors (Lipinski definition) is 1. The number of ether oxygens (including phenoxy) is 1. The molecular formula is C5H14OSSi. The predicted octanol–water partition coefficient (Wildman–Crippen LogP) is 0.0343. The zero-order chi connectivity index (χ0) is 6.41. The smallest absolute Gasteiger partial charge is 0.0473 e. The highest BCUT2D eigenvalue weighted by Crippen LogP contribution is 1.94. The van der Waals surface area contributed by atoms with Gasteiger partial charge in [-0.25, -0.2) is 0 Å². The van der Waals surface area contributed by atoms with E-state index < -0.39 is 0 Å². The van der Waals surface area contributed by atoms with Gasteiger partial charge in [-0.2, -0.15) is 12.6 Å². The van der Waals surface area contributed by atoms with Gasteiger partial charge in [0.1, 0.15) is 0 Å². The lowest BCUT2D eigenvalue weighted by Gasteiger charge is -2.01. The fourth-order valence-corrected chi connectivity index (χ4v) is 0.739. The van der Waals surface area contributed by atoms with Gasteiger partial charge in [-0.15, -0.1) is 0 Å². The molecule has 0 aromatic rings. The predicted molar refractivity (Wildman–Crippen MR) is 43.8 cm³/mol. The molecule has 0 heterocycles. The summed E-state index contributed by atoms with van der Waals surface area (Å²) in [6, 6.07) is 0. The van der Waals surface area contributed by atoms with Crippen molar-refractivity contribution in [3.8, 4) is 0 Å². The molecule has 0 aromatic heterocycles. The number of rotatable bonds is 4. The van der Waals surface area contributed by atoms with Crippen LogP contribution in [0.3, 0.4) is 0 Å². The molecule has 1 unspecified atom stereocenters. The first-order valence-corrected chi connectivity index (χ1v) is 4.70. The lowest BCUT2D eigenvalue weighted by atomic mass is 10.5. The summed E-state index contributed by atoms with van der Waals surface area (Å²) in [5, 5.41) is 0. The fourth-order valence-electron chi connectivity index (χ4n) is 0.398. The maximum Gasteiger partial charge on any atom is 0.0473 e. The van der Waals surface area contributed by atoms with E-state index in [0.717, 1.165) is 19.6 Å². The van der Waals surface area contributed by atoms with E-state index in [1.54, 1.807) is 0 Å². The lowest BCUT2D eigenvalue weighted by molar-refractivity contribution is 0.147. The molecule has 50 valence electrons. The zero-order valence-electron chi connectivity index (χ0n) is 5.55. The van der Waals surface area contributed by atoms with E-state index >= 15 is 0 Å². The van der Waals surface area contributed by atoms with E-state index in [-0.39, 0.29) is 0 Å². The maximum atomic E-state index is 5.12. The maximum absolute atomic E-state index is 5.12. The minimum Gasteiger partial charge on any atom is -0.382 e. The Hall–Kier alpha value is 0.527. The van der Waals surface area contributed by atoms with Crippen LogP contribution in [0.25, 0.3) is 0 Å². The third-order valence-corrected chi connectivity index (χ3v) is 1.72. The molecule has 1 nitrogen and oxygen atoms in total. The molecule has 0 fully saturated rings. The summed E-state index contributed by atoms with van der Waals surface area (Å²) in [6.45, 7) is 3.73. The fraction of sp³-hybridized carbons (Fsp3) is 1.00. The van der Waals surface area contributed by atoms with Gasteiger partial charge in [-0.1, -0.05) is 0 Å². The molecule has 0 aliphatic rings. The molecule has 0 saturated heterocycles. The van der Waals surface area contributed by atoms with Gasteiger partial charge in [0.2, 0.25) is 0 Å². The first kappa shape index (κ1) is 8.53. The summed E-state index contributed by atoms with van der Waals surface area (Å²) in [5.74, 6) is 0. The molecule has 0 rings (SSSR count). The van der Waals surface area contributed by atoms with E-state index in [1.807, 2.05) is 6.92 Å². The van der Waals surface area contributed by atoms with Crippen LogP contribution in [0, 0.1) is 0 Å². The van der Waals surface area contributed by atoms with Crippen molar-refractivity contribution < 1.29 is 4.74 Å². The molecule has 1 atom stereocenters. The minimum absolute atomic E-state index is 0.613. The topological polar surface area (TPSA) is 9.23 Å². The van der Waals surface area contributed by atoms with Crippen LogP contribution in [-0.4, -0.2) is 28.3 Å². The molecule has 0 radical (unpaired) electrons. The number of thiol groups is 1. The molecule has 0 bridgehead atoms. The van der Waals surface area contributed by atoms with Crippen molar-refractivity contribution in [1.82, 2.24) is 0 Å². The van der Waals surface area contributed by atoms with E-state index in [4.69, 9.17) is 4.74 Å². The van der Waals surface area contributed by atoms with Crippen LogP contribution in [0.1, 0.15) is 13.3 Å². The molecule has 0 N–H and O–H groups in total. The van der Waals surface area contributed by atoms with Crippen molar-refractivity contribution in [1.29, 1.82) is 0 Å². The summed E-state index contributed by atoms with van der Waals surface area (Å²) in [7, 11) is 1.17. The minimum atomic E-state index is 0.613. The average Bonchev–Trinajstić information content (AvgIpc) is 1.66. The summed E-state index contributed by atoms with van der Waals surface area (Å²) in [5.41, 5.74) is 0. The van der Waals surface area contributed by atoms with Gasteiger partial charge in [-0.05, 0) is 18.2 Å². The van der Waals surface area contributed by atoms with E-state index in [0.29, 0.717) is 4.87 Å². The standard InChI is InChI=1S/C5H14OSSi/c1-2-6-4-3-5(7)8/h5,7H,2-4H2,1,8H3. The van der Waals surface area contributed by atoms with Gasteiger partial charge >= 0.3 is 0 Å². The monoisotopic (exact) mass is 150 g/mol. The second kappa shape index (κ2) is 5.66. The SMILES string of the molecule is CCOCCC([SiH3])S. The molecule has 0 aliphatic carbocycles. The van der Waals surface area contributed by atoms with Crippen molar-refractivity contribution in [2.45, 2.75) is 18.2 Å². The quantitative estimate of drug-likeness (QED) is 0.338. The first-order valence-electron chi connectivity index (χ1n) is 3.03. The van der Waals surface area contributed by atoms with Gasteiger partial charge in [0.15, 0.2) is 0 Å². The van der Waals surface area contributed by atoms with Crippen molar-refractivity contribution in [2.24, 2.45) is 0 Å². The first-order chi connectivity index (χ1) is 3.77. The Labute approximate surface area is 59.6 Å². The van der Waals surface area contributed by atoms with Gasteiger partial charge in [0, 0.05) is 23.5 Å². The molecular weight excluding hydrogens is 136 g/mol. The summed E-state index contributed by atoms with van der Waals surface area (Å²) in [4.78, 5) is 0.613. The van der Waals surface area contributed by atoms with Crippen molar-refractivity contribution >= 4 is 22.9 Å². The Bertz CT molecular complexity index is 49.7.